The summed E-state index contributed by atoms with van der Waals surface area (Å²) in [6.07, 6.45) is 0.608. The molecule has 0 atom stereocenters. The van der Waals surface area contributed by atoms with Crippen molar-refractivity contribution in [2.24, 2.45) is 0 Å². The summed E-state index contributed by atoms with van der Waals surface area (Å²) in [5.74, 6) is -0.122. The zero-order chi connectivity index (χ0) is 16.4. The largest absolute Gasteiger partial charge is 0.322 e. The van der Waals surface area contributed by atoms with Crippen molar-refractivity contribution >= 4 is 43.2 Å². The number of benzene rings is 2. The van der Waals surface area contributed by atoms with E-state index < -0.39 is 10.0 Å². The second-order valence-corrected chi connectivity index (χ2v) is 8.19. The van der Waals surface area contributed by atoms with Gasteiger partial charge in [0.1, 0.15) is 0 Å². The first-order valence-electron chi connectivity index (χ1n) is 7.13. The van der Waals surface area contributed by atoms with Gasteiger partial charge in [-0.3, -0.25) is 9.10 Å². The highest BCUT2D eigenvalue weighted by Crippen LogP contribution is 2.25. The fraction of sp³-hybridized carbons (Fsp3) is 0.188. The second-order valence-electron chi connectivity index (χ2n) is 5.26. The first kappa shape index (κ1) is 16.0. The Labute approximate surface area is 143 Å². The van der Waals surface area contributed by atoms with Gasteiger partial charge < -0.3 is 5.32 Å². The number of carbonyl (C=O) groups excluding carboxylic acids is 1. The van der Waals surface area contributed by atoms with Crippen LogP contribution in [0.25, 0.3) is 0 Å². The molecule has 0 bridgehead atoms. The third-order valence-corrected chi connectivity index (χ3v) is 5.94. The van der Waals surface area contributed by atoms with E-state index in [4.69, 9.17) is 0 Å². The lowest BCUT2D eigenvalue weighted by Gasteiger charge is -2.17. The van der Waals surface area contributed by atoms with Crippen LogP contribution in [0, 0.1) is 0 Å². The van der Waals surface area contributed by atoms with Crippen molar-refractivity contribution in [1.82, 2.24) is 0 Å². The summed E-state index contributed by atoms with van der Waals surface area (Å²) in [6, 6.07) is 14.0. The third kappa shape index (κ3) is 3.56. The summed E-state index contributed by atoms with van der Waals surface area (Å²) in [6.45, 7) is 0.457. The molecule has 2 aromatic carbocycles. The van der Waals surface area contributed by atoms with Crippen LogP contribution in [0.1, 0.15) is 16.8 Å². The minimum atomic E-state index is -3.25. The number of halogens is 1. The van der Waals surface area contributed by atoms with Crippen molar-refractivity contribution in [3.05, 3.63) is 58.6 Å². The van der Waals surface area contributed by atoms with Gasteiger partial charge in [-0.15, -0.1) is 0 Å². The third-order valence-electron chi connectivity index (χ3n) is 3.58. The Morgan fingerprint density at radius 3 is 2.61 bits per heavy atom. The normalized spacial score (nSPS) is 16.3. The summed E-state index contributed by atoms with van der Waals surface area (Å²) in [5, 5.41) is 2.80. The van der Waals surface area contributed by atoms with E-state index in [1.54, 1.807) is 36.4 Å². The summed E-state index contributed by atoms with van der Waals surface area (Å²) in [4.78, 5) is 12.4. The Morgan fingerprint density at radius 2 is 1.91 bits per heavy atom. The van der Waals surface area contributed by atoms with E-state index in [1.165, 1.54) is 4.31 Å². The van der Waals surface area contributed by atoms with Crippen LogP contribution in [0.4, 0.5) is 11.4 Å². The molecule has 0 aromatic heterocycles. The summed E-state index contributed by atoms with van der Waals surface area (Å²) >= 11 is 3.35. The highest BCUT2D eigenvalue weighted by Gasteiger charge is 2.28. The summed E-state index contributed by atoms with van der Waals surface area (Å²) in [7, 11) is -3.25. The molecule has 1 aliphatic heterocycles. The molecule has 1 heterocycles. The van der Waals surface area contributed by atoms with Crippen LogP contribution in [0.5, 0.6) is 0 Å². The number of anilines is 2. The van der Waals surface area contributed by atoms with Gasteiger partial charge in [0.2, 0.25) is 10.0 Å². The van der Waals surface area contributed by atoms with Crippen LogP contribution >= 0.6 is 15.9 Å². The Kier molecular flexibility index (Phi) is 4.41. The van der Waals surface area contributed by atoms with Crippen LogP contribution in [-0.4, -0.2) is 26.6 Å². The van der Waals surface area contributed by atoms with Crippen LogP contribution < -0.4 is 9.62 Å². The van der Waals surface area contributed by atoms with Gasteiger partial charge in [-0.25, -0.2) is 8.42 Å². The van der Waals surface area contributed by atoms with Gasteiger partial charge >= 0.3 is 0 Å². The number of nitrogens with zero attached hydrogens (tertiary/aromatic N) is 1. The van der Waals surface area contributed by atoms with Crippen molar-refractivity contribution in [3.8, 4) is 0 Å². The Morgan fingerprint density at radius 1 is 1.13 bits per heavy atom. The van der Waals surface area contributed by atoms with Gasteiger partial charge in [-0.2, -0.15) is 0 Å². The standard InChI is InChI=1S/C16H15BrN2O3S/c17-13-5-2-6-14(11-13)18-16(20)12-4-1-7-15(10-12)19-8-3-9-23(19,21)22/h1-2,4-7,10-11H,3,8-9H2,(H,18,20). The summed E-state index contributed by atoms with van der Waals surface area (Å²) < 4.78 is 26.2. The lowest BCUT2D eigenvalue weighted by Crippen LogP contribution is -2.25. The van der Waals surface area contributed by atoms with Crippen molar-refractivity contribution in [2.75, 3.05) is 21.9 Å². The molecule has 0 saturated carbocycles. The molecule has 23 heavy (non-hydrogen) atoms. The quantitative estimate of drug-likeness (QED) is 0.868. The number of nitrogens with one attached hydrogen (secondary N) is 1. The monoisotopic (exact) mass is 394 g/mol. The maximum Gasteiger partial charge on any atom is 0.255 e. The minimum Gasteiger partial charge on any atom is -0.322 e. The van der Waals surface area contributed by atoms with Crippen LogP contribution in [0.3, 0.4) is 0 Å². The van der Waals surface area contributed by atoms with Gasteiger partial charge in [0.15, 0.2) is 0 Å². The van der Waals surface area contributed by atoms with Crippen molar-refractivity contribution < 1.29 is 13.2 Å². The molecular weight excluding hydrogens is 380 g/mol. The maximum atomic E-state index is 12.4. The van der Waals surface area contributed by atoms with Crippen LogP contribution in [0.15, 0.2) is 53.0 Å². The van der Waals surface area contributed by atoms with Gasteiger partial charge in [0.05, 0.1) is 11.4 Å². The molecule has 0 aliphatic carbocycles. The van der Waals surface area contributed by atoms with Gasteiger partial charge in [0, 0.05) is 22.3 Å². The molecule has 3 rings (SSSR count). The molecule has 1 aliphatic rings. The Hall–Kier alpha value is -1.86. The predicted molar refractivity (Wildman–Crippen MR) is 94.3 cm³/mol. The molecule has 2 aromatic rings. The SMILES string of the molecule is O=C(Nc1cccc(Br)c1)c1cccc(N2CCCS2(=O)=O)c1. The Balaban J connectivity index is 1.83. The van der Waals surface area contributed by atoms with Crippen LogP contribution in [-0.2, 0) is 10.0 Å². The Bertz CT molecular complexity index is 852. The highest BCUT2D eigenvalue weighted by atomic mass is 79.9. The van der Waals surface area contributed by atoms with E-state index in [0.717, 1.165) is 4.47 Å². The average Bonchev–Trinajstić information content (AvgIpc) is 2.87. The molecule has 1 fully saturated rings. The first-order chi connectivity index (χ1) is 11.0. The maximum absolute atomic E-state index is 12.4. The van der Waals surface area contributed by atoms with Crippen molar-refractivity contribution in [2.45, 2.75) is 6.42 Å². The van der Waals surface area contributed by atoms with Gasteiger partial charge in [-0.05, 0) is 42.8 Å². The molecule has 5 nitrogen and oxygen atoms in total. The topological polar surface area (TPSA) is 66.5 Å². The molecule has 1 amide bonds. The van der Waals surface area contributed by atoms with E-state index >= 15 is 0 Å². The molecule has 1 saturated heterocycles. The molecule has 0 spiro atoms. The van der Waals surface area contributed by atoms with Crippen molar-refractivity contribution in [3.63, 3.8) is 0 Å². The van der Waals surface area contributed by atoms with Gasteiger partial charge in [-0.1, -0.05) is 28.1 Å². The highest BCUT2D eigenvalue weighted by molar-refractivity contribution is 9.10. The molecule has 0 unspecified atom stereocenters. The molecule has 0 radical (unpaired) electrons. The van der Waals surface area contributed by atoms with E-state index in [2.05, 4.69) is 21.2 Å². The van der Waals surface area contributed by atoms with E-state index in [-0.39, 0.29) is 11.7 Å². The number of hydrogen-bond acceptors (Lipinski definition) is 3. The number of rotatable bonds is 3. The average molecular weight is 395 g/mol. The minimum absolute atomic E-state index is 0.154. The zero-order valence-electron chi connectivity index (χ0n) is 12.2. The van der Waals surface area contributed by atoms with E-state index in [9.17, 15) is 13.2 Å². The fourth-order valence-electron chi connectivity index (χ4n) is 2.50. The molecule has 1 N–H and O–H groups in total. The van der Waals surface area contributed by atoms with Crippen molar-refractivity contribution in [1.29, 1.82) is 0 Å². The van der Waals surface area contributed by atoms with E-state index in [0.29, 0.717) is 29.9 Å². The van der Waals surface area contributed by atoms with E-state index in [1.807, 2.05) is 12.1 Å². The zero-order valence-corrected chi connectivity index (χ0v) is 14.6. The number of sulfonamides is 1. The second kappa shape index (κ2) is 6.33. The lowest BCUT2D eigenvalue weighted by molar-refractivity contribution is 0.102. The first-order valence-corrected chi connectivity index (χ1v) is 9.53. The van der Waals surface area contributed by atoms with Crippen LogP contribution in [0.2, 0.25) is 0 Å². The molecule has 120 valence electrons. The molecule has 7 heteroatoms. The fourth-order valence-corrected chi connectivity index (χ4v) is 4.46. The number of hydrogen-bond donors (Lipinski definition) is 1. The lowest BCUT2D eigenvalue weighted by atomic mass is 10.2. The number of carbonyl (C=O) groups is 1. The smallest absolute Gasteiger partial charge is 0.255 e. The van der Waals surface area contributed by atoms with Gasteiger partial charge in [0.25, 0.3) is 5.91 Å². The predicted octanol–water partition coefficient (Wildman–Crippen LogP) is 3.24. The number of amides is 1. The molecular formula is C16H15BrN2O3S. The summed E-state index contributed by atoms with van der Waals surface area (Å²) in [5.41, 5.74) is 1.62.